The summed E-state index contributed by atoms with van der Waals surface area (Å²) in [6.45, 7) is 0.548. The fourth-order valence-electron chi connectivity index (χ4n) is 4.42. The Morgan fingerprint density at radius 2 is 1.77 bits per heavy atom. The van der Waals surface area contributed by atoms with Gasteiger partial charge in [0, 0.05) is 23.9 Å². The number of methoxy groups -OCH3 is 1. The van der Waals surface area contributed by atoms with Crippen LogP contribution in [0.2, 0.25) is 0 Å². The molecule has 1 fully saturated rings. The maximum Gasteiger partial charge on any atom is 0.408 e. The number of nitro benzene ring substituents is 1. The molecular weight excluding hydrogens is 518 g/mol. The number of fused-ring (bicyclic) bond motifs is 3. The first-order valence-electron chi connectivity index (χ1n) is 12.4. The Labute approximate surface area is 227 Å². The lowest BCUT2D eigenvalue weighted by Crippen LogP contribution is -2.41. The van der Waals surface area contributed by atoms with Gasteiger partial charge in [-0.3, -0.25) is 10.1 Å². The zero-order chi connectivity index (χ0) is 27.0. The standard InChI is InChI=1S/C29H25N3O6S/c1-36-23-8-2-19(3-9-23)17-37-28(33)30-29(12-13-29)18-38-24-10-11-25-26(15-24)39-27-14-21(16-31(25)27)20-4-6-22(7-5-20)32(34)35/h2-11,14-16H,12-13,17-18H2,1H3,(H,30,33). The lowest BCUT2D eigenvalue weighted by atomic mass is 10.1. The van der Waals surface area contributed by atoms with Crippen LogP contribution in [0.15, 0.2) is 79.0 Å². The van der Waals surface area contributed by atoms with Crippen LogP contribution >= 0.6 is 11.3 Å². The van der Waals surface area contributed by atoms with E-state index in [2.05, 4.69) is 15.8 Å². The number of carbonyl (C=O) groups excluding carboxylic acids is 1. The predicted molar refractivity (Wildman–Crippen MR) is 149 cm³/mol. The lowest BCUT2D eigenvalue weighted by Gasteiger charge is -2.18. The van der Waals surface area contributed by atoms with E-state index in [1.54, 1.807) is 30.6 Å². The first-order chi connectivity index (χ1) is 18.9. The van der Waals surface area contributed by atoms with Crippen LogP contribution in [0.25, 0.3) is 26.2 Å². The second-order valence-corrected chi connectivity index (χ2v) is 10.7. The summed E-state index contributed by atoms with van der Waals surface area (Å²) in [6, 6.07) is 22.0. The van der Waals surface area contributed by atoms with E-state index in [1.165, 1.54) is 12.1 Å². The van der Waals surface area contributed by atoms with Crippen LogP contribution in [-0.4, -0.2) is 34.7 Å². The number of ether oxygens (including phenoxy) is 3. The molecule has 2 heterocycles. The van der Waals surface area contributed by atoms with Gasteiger partial charge >= 0.3 is 6.09 Å². The number of hydrogen-bond acceptors (Lipinski definition) is 7. The molecule has 1 amide bonds. The Bertz CT molecular complexity index is 1670. The highest BCUT2D eigenvalue weighted by Crippen LogP contribution is 2.38. The predicted octanol–water partition coefficient (Wildman–Crippen LogP) is 6.58. The van der Waals surface area contributed by atoms with Crippen molar-refractivity contribution in [3.05, 3.63) is 94.7 Å². The second kappa shape index (κ2) is 9.95. The number of thiazole rings is 1. The van der Waals surface area contributed by atoms with Crippen molar-refractivity contribution < 1.29 is 23.9 Å². The van der Waals surface area contributed by atoms with E-state index in [0.29, 0.717) is 6.61 Å². The Morgan fingerprint density at radius 1 is 1.03 bits per heavy atom. The summed E-state index contributed by atoms with van der Waals surface area (Å²) in [7, 11) is 1.61. The normalized spacial score (nSPS) is 13.8. The molecule has 1 aliphatic rings. The van der Waals surface area contributed by atoms with Crippen molar-refractivity contribution in [2.45, 2.75) is 25.0 Å². The van der Waals surface area contributed by atoms with Gasteiger partial charge in [0.15, 0.2) is 0 Å². The molecule has 0 spiro atoms. The van der Waals surface area contributed by atoms with Gasteiger partial charge in [-0.05, 0) is 72.5 Å². The number of hydrogen-bond donors (Lipinski definition) is 1. The number of benzene rings is 3. The van der Waals surface area contributed by atoms with Gasteiger partial charge in [-0.1, -0.05) is 12.1 Å². The topological polar surface area (TPSA) is 104 Å². The highest BCUT2D eigenvalue weighted by Gasteiger charge is 2.45. The SMILES string of the molecule is COc1ccc(COC(=O)NC2(COc3ccc4c(c3)sc3cc(-c5ccc([N+](=O)[O-])cc5)cn34)CC2)cc1. The van der Waals surface area contributed by atoms with Gasteiger partial charge in [-0.15, -0.1) is 11.3 Å². The van der Waals surface area contributed by atoms with Crippen molar-refractivity contribution in [2.75, 3.05) is 13.7 Å². The van der Waals surface area contributed by atoms with Crippen molar-refractivity contribution in [2.24, 2.45) is 0 Å². The maximum absolute atomic E-state index is 12.4. The first-order valence-corrected chi connectivity index (χ1v) is 13.2. The van der Waals surface area contributed by atoms with Gasteiger partial charge in [0.05, 0.1) is 27.8 Å². The van der Waals surface area contributed by atoms with Crippen LogP contribution in [-0.2, 0) is 11.3 Å². The van der Waals surface area contributed by atoms with Crippen molar-refractivity contribution in [3.63, 3.8) is 0 Å². The van der Waals surface area contributed by atoms with E-state index < -0.39 is 16.6 Å². The van der Waals surface area contributed by atoms with E-state index >= 15 is 0 Å². The van der Waals surface area contributed by atoms with Crippen molar-refractivity contribution in [3.8, 4) is 22.6 Å². The number of nitrogens with one attached hydrogen (secondary N) is 1. The highest BCUT2D eigenvalue weighted by molar-refractivity contribution is 7.24. The summed E-state index contributed by atoms with van der Waals surface area (Å²) in [5.74, 6) is 1.49. The van der Waals surface area contributed by atoms with Crippen LogP contribution in [0.4, 0.5) is 10.5 Å². The number of nitro groups is 1. The molecule has 3 aromatic carbocycles. The zero-order valence-corrected chi connectivity index (χ0v) is 21.9. The molecule has 0 aliphatic heterocycles. The molecule has 0 saturated heterocycles. The van der Waals surface area contributed by atoms with Crippen LogP contribution in [0.5, 0.6) is 11.5 Å². The Morgan fingerprint density at radius 3 is 2.46 bits per heavy atom. The average Bonchev–Trinajstić information content (AvgIpc) is 3.45. The molecule has 0 unspecified atom stereocenters. The fourth-order valence-corrected chi connectivity index (χ4v) is 5.53. The van der Waals surface area contributed by atoms with E-state index in [-0.39, 0.29) is 12.3 Å². The molecule has 1 saturated carbocycles. The number of carbonyl (C=O) groups is 1. The molecule has 0 bridgehead atoms. The highest BCUT2D eigenvalue weighted by atomic mass is 32.1. The number of non-ortho nitro benzene ring substituents is 1. The average molecular weight is 544 g/mol. The largest absolute Gasteiger partial charge is 0.497 e. The smallest absolute Gasteiger partial charge is 0.408 e. The molecule has 6 rings (SSSR count). The van der Waals surface area contributed by atoms with E-state index in [1.807, 2.05) is 48.7 Å². The second-order valence-electron chi connectivity index (χ2n) is 9.59. The molecule has 39 heavy (non-hydrogen) atoms. The number of aromatic nitrogens is 1. The summed E-state index contributed by atoms with van der Waals surface area (Å²) in [6.07, 6.45) is 3.25. The van der Waals surface area contributed by atoms with E-state index in [9.17, 15) is 14.9 Å². The minimum absolute atomic E-state index is 0.0754. The third kappa shape index (κ3) is 5.23. The molecule has 1 N–H and O–H groups in total. The van der Waals surface area contributed by atoms with E-state index in [0.717, 1.165) is 56.1 Å². The van der Waals surface area contributed by atoms with Gasteiger partial charge in [-0.25, -0.2) is 4.79 Å². The van der Waals surface area contributed by atoms with Gasteiger partial charge in [0.25, 0.3) is 5.69 Å². The molecule has 198 valence electrons. The molecule has 2 aromatic heterocycles. The molecular formula is C29H25N3O6S. The van der Waals surface area contributed by atoms with E-state index in [4.69, 9.17) is 14.2 Å². The molecule has 0 atom stereocenters. The summed E-state index contributed by atoms with van der Waals surface area (Å²) in [5, 5.41) is 13.9. The molecule has 9 nitrogen and oxygen atoms in total. The Kier molecular flexibility index (Phi) is 6.32. The number of rotatable bonds is 9. The molecule has 10 heteroatoms. The van der Waals surface area contributed by atoms with Crippen LogP contribution in [0.3, 0.4) is 0 Å². The molecule has 1 aliphatic carbocycles. The van der Waals surface area contributed by atoms with Crippen LogP contribution in [0.1, 0.15) is 18.4 Å². The quantitative estimate of drug-likeness (QED) is 0.166. The number of nitrogens with zero attached hydrogens (tertiary/aromatic N) is 2. The van der Waals surface area contributed by atoms with Crippen molar-refractivity contribution >= 4 is 38.2 Å². The third-order valence-electron chi connectivity index (χ3n) is 6.87. The first kappa shape index (κ1) is 24.7. The lowest BCUT2D eigenvalue weighted by molar-refractivity contribution is -0.384. The molecule has 0 radical (unpaired) electrons. The van der Waals surface area contributed by atoms with Crippen molar-refractivity contribution in [1.29, 1.82) is 0 Å². The Hall–Kier alpha value is -4.57. The summed E-state index contributed by atoms with van der Waals surface area (Å²) in [5.41, 5.74) is 3.53. The maximum atomic E-state index is 12.4. The summed E-state index contributed by atoms with van der Waals surface area (Å²) in [4.78, 5) is 24.0. The van der Waals surface area contributed by atoms with Gasteiger partial charge in [-0.2, -0.15) is 0 Å². The monoisotopic (exact) mass is 543 g/mol. The van der Waals surface area contributed by atoms with Gasteiger partial charge in [0.1, 0.15) is 29.5 Å². The zero-order valence-electron chi connectivity index (χ0n) is 21.1. The van der Waals surface area contributed by atoms with Crippen molar-refractivity contribution in [1.82, 2.24) is 9.72 Å². The third-order valence-corrected chi connectivity index (χ3v) is 7.94. The summed E-state index contributed by atoms with van der Waals surface area (Å²) >= 11 is 1.64. The van der Waals surface area contributed by atoms with Gasteiger partial charge in [0.2, 0.25) is 0 Å². The van der Waals surface area contributed by atoms with Crippen LogP contribution in [0, 0.1) is 10.1 Å². The molecule has 5 aromatic rings. The minimum Gasteiger partial charge on any atom is -0.497 e. The minimum atomic E-state index is -0.459. The Balaban J connectivity index is 1.07. The number of amides is 1. The number of alkyl carbamates (subject to hydrolysis) is 1. The van der Waals surface area contributed by atoms with Gasteiger partial charge < -0.3 is 23.9 Å². The van der Waals surface area contributed by atoms with Crippen LogP contribution < -0.4 is 14.8 Å². The summed E-state index contributed by atoms with van der Waals surface area (Å²) < 4.78 is 19.8. The fraction of sp³-hybridized carbons (Fsp3) is 0.207.